The van der Waals surface area contributed by atoms with Gasteiger partial charge in [0, 0.05) is 23.8 Å². The minimum absolute atomic E-state index is 0.160. The van der Waals surface area contributed by atoms with Crippen LogP contribution in [0.2, 0.25) is 0 Å². The minimum Gasteiger partial charge on any atom is -0.475 e. The van der Waals surface area contributed by atoms with E-state index in [1.165, 1.54) is 0 Å². The number of pyridine rings is 2. The van der Waals surface area contributed by atoms with Crippen LogP contribution in [-0.4, -0.2) is 48.7 Å². The smallest absolute Gasteiger partial charge is 0.475 e. The standard InChI is InChI=1S/C19H15N5O.C2HF3O2/c25-19(22-13-5-6-13)18-23-16-4-2-10-21-17(16)24(18)14-7-8-15-12(11-14)3-1-9-20-15;3-2(4,5)1(6)7/h1-4,7-11,13H,5-6H2,(H,22,25);(H,6,7). The summed E-state index contributed by atoms with van der Waals surface area (Å²) in [6.45, 7) is 0. The summed E-state index contributed by atoms with van der Waals surface area (Å²) in [5.74, 6) is -2.55. The van der Waals surface area contributed by atoms with Crippen molar-refractivity contribution in [3.63, 3.8) is 0 Å². The molecule has 1 saturated carbocycles. The van der Waals surface area contributed by atoms with E-state index in [4.69, 9.17) is 9.90 Å². The first-order valence-electron chi connectivity index (χ1n) is 9.53. The number of aliphatic carboxylic acids is 1. The maximum Gasteiger partial charge on any atom is 0.490 e. The Bertz CT molecular complexity index is 1320. The monoisotopic (exact) mass is 443 g/mol. The number of halogens is 3. The van der Waals surface area contributed by atoms with Crippen LogP contribution in [-0.2, 0) is 4.79 Å². The number of hydrogen-bond acceptors (Lipinski definition) is 5. The Morgan fingerprint density at radius 1 is 1.03 bits per heavy atom. The lowest BCUT2D eigenvalue weighted by Gasteiger charge is -2.09. The summed E-state index contributed by atoms with van der Waals surface area (Å²) in [7, 11) is 0. The Balaban J connectivity index is 0.000000307. The molecule has 3 aromatic heterocycles. The van der Waals surface area contributed by atoms with Crippen molar-refractivity contribution >= 4 is 33.9 Å². The van der Waals surface area contributed by atoms with Crippen molar-refractivity contribution in [3.05, 3.63) is 60.7 Å². The molecule has 0 bridgehead atoms. The lowest BCUT2D eigenvalue weighted by Crippen LogP contribution is -2.28. The van der Waals surface area contributed by atoms with E-state index in [1.54, 1.807) is 12.4 Å². The number of carboxylic acid groups (broad SMARTS) is 1. The van der Waals surface area contributed by atoms with Crippen LogP contribution in [0, 0.1) is 0 Å². The molecule has 11 heteroatoms. The van der Waals surface area contributed by atoms with Crippen LogP contribution in [0.15, 0.2) is 54.9 Å². The quantitative estimate of drug-likeness (QED) is 0.502. The summed E-state index contributed by atoms with van der Waals surface area (Å²) in [6.07, 6.45) is 0.466. The molecular formula is C21H16F3N5O3. The highest BCUT2D eigenvalue weighted by molar-refractivity contribution is 5.96. The van der Waals surface area contributed by atoms with Gasteiger partial charge in [-0.25, -0.2) is 14.8 Å². The fraction of sp³-hybridized carbons (Fsp3) is 0.190. The summed E-state index contributed by atoms with van der Waals surface area (Å²) in [5, 5.41) is 11.1. The summed E-state index contributed by atoms with van der Waals surface area (Å²) < 4.78 is 33.6. The van der Waals surface area contributed by atoms with E-state index in [2.05, 4.69) is 20.3 Å². The summed E-state index contributed by atoms with van der Waals surface area (Å²) in [4.78, 5) is 34.9. The summed E-state index contributed by atoms with van der Waals surface area (Å²) in [6, 6.07) is 13.8. The molecule has 32 heavy (non-hydrogen) atoms. The van der Waals surface area contributed by atoms with Crippen molar-refractivity contribution in [1.29, 1.82) is 0 Å². The number of amides is 1. The van der Waals surface area contributed by atoms with Crippen molar-refractivity contribution in [3.8, 4) is 5.69 Å². The fourth-order valence-corrected chi connectivity index (χ4v) is 2.99. The van der Waals surface area contributed by atoms with E-state index in [0.29, 0.717) is 17.0 Å². The second-order valence-electron chi connectivity index (χ2n) is 7.05. The Hall–Kier alpha value is -4.02. The number of nitrogens with one attached hydrogen (secondary N) is 1. The van der Waals surface area contributed by atoms with Gasteiger partial charge in [0.15, 0.2) is 5.65 Å². The van der Waals surface area contributed by atoms with Gasteiger partial charge in [0.2, 0.25) is 5.82 Å². The minimum atomic E-state index is -5.08. The molecule has 3 heterocycles. The average Bonchev–Trinajstić information content (AvgIpc) is 3.49. The molecule has 0 radical (unpaired) electrons. The zero-order chi connectivity index (χ0) is 22.9. The lowest BCUT2D eigenvalue weighted by molar-refractivity contribution is -0.192. The summed E-state index contributed by atoms with van der Waals surface area (Å²) in [5.41, 5.74) is 3.14. The van der Waals surface area contributed by atoms with Crippen LogP contribution < -0.4 is 5.32 Å². The highest BCUT2D eigenvalue weighted by Crippen LogP contribution is 2.24. The molecule has 0 unspecified atom stereocenters. The van der Waals surface area contributed by atoms with Gasteiger partial charge in [-0.05, 0) is 49.2 Å². The summed E-state index contributed by atoms with van der Waals surface area (Å²) >= 11 is 0. The molecule has 1 fully saturated rings. The van der Waals surface area contributed by atoms with E-state index >= 15 is 0 Å². The zero-order valence-electron chi connectivity index (χ0n) is 16.4. The average molecular weight is 443 g/mol. The molecule has 0 atom stereocenters. The third-order valence-electron chi connectivity index (χ3n) is 4.62. The second-order valence-corrected chi connectivity index (χ2v) is 7.05. The molecule has 2 N–H and O–H groups in total. The van der Waals surface area contributed by atoms with E-state index in [1.807, 2.05) is 47.0 Å². The Labute approximate surface area is 178 Å². The number of fused-ring (bicyclic) bond motifs is 2. The maximum atomic E-state index is 12.7. The van der Waals surface area contributed by atoms with Gasteiger partial charge >= 0.3 is 12.1 Å². The second kappa shape index (κ2) is 8.25. The lowest BCUT2D eigenvalue weighted by atomic mass is 10.2. The number of carbonyl (C=O) groups is 2. The van der Waals surface area contributed by atoms with Crippen molar-refractivity contribution in [2.45, 2.75) is 25.1 Å². The number of aromatic nitrogens is 4. The maximum absolute atomic E-state index is 12.7. The molecule has 8 nitrogen and oxygen atoms in total. The van der Waals surface area contributed by atoms with Gasteiger partial charge in [-0.2, -0.15) is 13.2 Å². The van der Waals surface area contributed by atoms with Gasteiger partial charge in [-0.15, -0.1) is 0 Å². The molecule has 0 spiro atoms. The van der Waals surface area contributed by atoms with E-state index < -0.39 is 12.1 Å². The molecule has 0 aliphatic heterocycles. The first-order chi connectivity index (χ1) is 15.2. The van der Waals surface area contributed by atoms with E-state index in [9.17, 15) is 18.0 Å². The number of nitrogens with zero attached hydrogens (tertiary/aromatic N) is 4. The topological polar surface area (TPSA) is 110 Å². The molecule has 5 rings (SSSR count). The third kappa shape index (κ3) is 4.51. The Morgan fingerprint density at radius 3 is 2.41 bits per heavy atom. The van der Waals surface area contributed by atoms with Gasteiger partial charge in [0.1, 0.15) is 5.52 Å². The molecule has 4 aromatic rings. The van der Waals surface area contributed by atoms with Crippen LogP contribution in [0.3, 0.4) is 0 Å². The van der Waals surface area contributed by atoms with Crippen LogP contribution in [0.1, 0.15) is 23.5 Å². The van der Waals surface area contributed by atoms with E-state index in [-0.39, 0.29) is 11.9 Å². The number of alkyl halides is 3. The number of carbonyl (C=O) groups excluding carboxylic acids is 1. The van der Waals surface area contributed by atoms with Gasteiger partial charge in [0.05, 0.1) is 11.2 Å². The largest absolute Gasteiger partial charge is 0.490 e. The molecule has 1 amide bonds. The van der Waals surface area contributed by atoms with E-state index in [0.717, 1.165) is 29.4 Å². The zero-order valence-corrected chi connectivity index (χ0v) is 16.4. The first-order valence-corrected chi connectivity index (χ1v) is 9.53. The van der Waals surface area contributed by atoms with Crippen LogP contribution in [0.4, 0.5) is 13.2 Å². The fourth-order valence-electron chi connectivity index (χ4n) is 2.99. The SMILES string of the molecule is O=C(NC1CC1)c1nc2cccnc2n1-c1ccc2ncccc2c1.O=C(O)C(F)(F)F. The predicted molar refractivity (Wildman–Crippen MR) is 108 cm³/mol. The van der Waals surface area contributed by atoms with Gasteiger partial charge in [-0.3, -0.25) is 14.3 Å². The van der Waals surface area contributed by atoms with Crippen molar-refractivity contribution in [1.82, 2.24) is 24.8 Å². The van der Waals surface area contributed by atoms with Gasteiger partial charge in [0.25, 0.3) is 5.91 Å². The number of carboxylic acids is 1. The predicted octanol–water partition coefficient (Wildman–Crippen LogP) is 3.49. The molecule has 0 saturated heterocycles. The molecule has 1 aliphatic rings. The number of rotatable bonds is 3. The molecule has 1 aromatic carbocycles. The molecule has 164 valence electrons. The number of imidazole rings is 1. The van der Waals surface area contributed by atoms with Crippen LogP contribution in [0.5, 0.6) is 0 Å². The highest BCUT2D eigenvalue weighted by Gasteiger charge is 2.38. The Morgan fingerprint density at radius 2 is 1.72 bits per heavy atom. The first kappa shape index (κ1) is 21.2. The highest BCUT2D eigenvalue weighted by atomic mass is 19.4. The Kier molecular flexibility index (Phi) is 5.47. The molecular weight excluding hydrogens is 427 g/mol. The van der Waals surface area contributed by atoms with Gasteiger partial charge in [-0.1, -0.05) is 6.07 Å². The number of benzene rings is 1. The third-order valence-corrected chi connectivity index (χ3v) is 4.62. The normalized spacial score (nSPS) is 13.5. The van der Waals surface area contributed by atoms with Crippen molar-refractivity contribution in [2.24, 2.45) is 0 Å². The van der Waals surface area contributed by atoms with Crippen LogP contribution >= 0.6 is 0 Å². The van der Waals surface area contributed by atoms with Crippen molar-refractivity contribution < 1.29 is 27.9 Å². The van der Waals surface area contributed by atoms with Gasteiger partial charge < -0.3 is 10.4 Å². The number of hydrogen-bond donors (Lipinski definition) is 2. The van der Waals surface area contributed by atoms with Crippen LogP contribution in [0.25, 0.3) is 27.8 Å². The molecule has 1 aliphatic carbocycles. The van der Waals surface area contributed by atoms with Crippen molar-refractivity contribution in [2.75, 3.05) is 0 Å².